The van der Waals surface area contributed by atoms with Crippen molar-refractivity contribution in [2.45, 2.75) is 58.6 Å². The maximum Gasteiger partial charge on any atom is 1.00 e. The van der Waals surface area contributed by atoms with Crippen LogP contribution in [0.2, 0.25) is 10.3 Å². The first-order valence-corrected chi connectivity index (χ1v) is 28.8. The quantitative estimate of drug-likeness (QED) is 0.0349. The van der Waals surface area contributed by atoms with E-state index < -0.39 is 45.4 Å². The van der Waals surface area contributed by atoms with Gasteiger partial charge in [0.15, 0.2) is 0 Å². The molecule has 95 heavy (non-hydrogen) atoms. The number of benzene rings is 5. The number of aromatic nitrogens is 6. The van der Waals surface area contributed by atoms with E-state index in [4.69, 9.17) is 56.6 Å². The van der Waals surface area contributed by atoms with E-state index in [1.54, 1.807) is 13.0 Å². The van der Waals surface area contributed by atoms with Crippen LogP contribution in [-0.4, -0.2) is 63.0 Å². The summed E-state index contributed by atoms with van der Waals surface area (Å²) in [6.45, 7) is 9.42. The molecule has 1 atom stereocenters. The van der Waals surface area contributed by atoms with Crippen LogP contribution in [0.5, 0.6) is 0 Å². The van der Waals surface area contributed by atoms with Gasteiger partial charge in [0, 0.05) is 78.1 Å². The van der Waals surface area contributed by atoms with E-state index in [2.05, 4.69) is 61.6 Å². The molecule has 4 heterocycles. The molecular formula is C61H59B2Br2Cl2CuF6N14O6S. The van der Waals surface area contributed by atoms with Crippen molar-refractivity contribution in [3.05, 3.63) is 272 Å². The number of nitrogens with zero attached hydrogens (tertiary/aromatic N) is 12. The smallest absolute Gasteiger partial charge is 0.512 e. The predicted octanol–water partition coefficient (Wildman–Crippen LogP) is 9.95. The number of nitriles is 4. The van der Waals surface area contributed by atoms with E-state index in [9.17, 15) is 56.0 Å². The molecule has 3 aromatic heterocycles. The largest absolute Gasteiger partial charge is 1.00 e. The minimum absolute atomic E-state index is 0. The van der Waals surface area contributed by atoms with E-state index in [-0.39, 0.29) is 97.1 Å². The Morgan fingerprint density at radius 3 is 1.44 bits per heavy atom. The summed E-state index contributed by atoms with van der Waals surface area (Å²) >= 11 is 20.8. The molecule has 0 unspecified atom stereocenters. The summed E-state index contributed by atoms with van der Waals surface area (Å²) in [4.78, 5) is 73.8. The molecule has 0 spiro atoms. The van der Waals surface area contributed by atoms with Gasteiger partial charge in [-0.3, -0.25) is 46.9 Å². The number of nitrogens with two attached hydrogens (primary N) is 1. The molecule has 1 aliphatic rings. The first kappa shape index (κ1) is 90.5. The average Bonchev–Trinajstić information content (AvgIpc) is 0.832. The Kier molecular flexibility index (Phi) is 43.4. The number of nitrogens with one attached hydrogen (secondary N) is 1. The summed E-state index contributed by atoms with van der Waals surface area (Å²) in [5.74, 6) is -1.35. The van der Waals surface area contributed by atoms with Crippen molar-refractivity contribution < 1.29 is 45.2 Å². The number of halogens is 10. The predicted molar refractivity (Wildman–Crippen MR) is 362 cm³/mol. The Morgan fingerprint density at radius 2 is 1.03 bits per heavy atom. The third-order valence-electron chi connectivity index (χ3n) is 12.4. The minimum atomic E-state index is -0.629. The van der Waals surface area contributed by atoms with Crippen LogP contribution in [0, 0.1) is 100 Å². The van der Waals surface area contributed by atoms with Gasteiger partial charge in [-0.05, 0) is 146 Å². The summed E-state index contributed by atoms with van der Waals surface area (Å²) < 4.78 is 73.1. The zero-order valence-corrected chi connectivity index (χ0v) is 56.5. The molecule has 502 valence electrons. The molecule has 3 N–H and O–H groups in total. The number of rotatable bonds is 6. The van der Waals surface area contributed by atoms with Gasteiger partial charge in [0.05, 0.1) is 59.6 Å². The van der Waals surface area contributed by atoms with Gasteiger partial charge in [0.25, 0.3) is 16.7 Å². The van der Waals surface area contributed by atoms with Gasteiger partial charge < -0.3 is 22.5 Å². The third kappa shape index (κ3) is 28.4. The number of hydrogen-bond donors (Lipinski definition) is 3. The van der Waals surface area contributed by atoms with Crippen LogP contribution in [0.25, 0.3) is 0 Å². The van der Waals surface area contributed by atoms with Crippen molar-refractivity contribution in [1.82, 2.24) is 27.8 Å². The number of aromatic amines is 1. The summed E-state index contributed by atoms with van der Waals surface area (Å²) in [6.07, 6.45) is 1.74. The Balaban J connectivity index is -0.000000540. The van der Waals surface area contributed by atoms with Crippen LogP contribution in [0.4, 0.5) is 32.5 Å². The number of thiol groups is 1. The molecule has 1 saturated heterocycles. The molecule has 34 heteroatoms. The van der Waals surface area contributed by atoms with E-state index in [1.807, 2.05) is 36.1 Å². The number of alkyl halides is 1. The molecule has 0 bridgehead atoms. The fourth-order valence-electron chi connectivity index (χ4n) is 7.69. The monoisotopic (exact) mass is 1540 g/mol. The normalized spacial score (nSPS) is 11.0. The molecule has 20 nitrogen and oxygen atoms in total. The van der Waals surface area contributed by atoms with Crippen LogP contribution in [-0.2, 0) is 56.6 Å². The van der Waals surface area contributed by atoms with Crippen molar-refractivity contribution in [3.63, 3.8) is 0 Å². The summed E-state index contributed by atoms with van der Waals surface area (Å²) in [6, 6.07) is 31.8. The summed E-state index contributed by atoms with van der Waals surface area (Å²) in [5, 5.41) is 42.0. The zero-order valence-electron chi connectivity index (χ0n) is 50.0. The van der Waals surface area contributed by atoms with Gasteiger partial charge in [0.2, 0.25) is 0 Å². The van der Waals surface area contributed by atoms with E-state index in [0.717, 1.165) is 65.4 Å². The fourth-order valence-corrected chi connectivity index (χ4v) is 8.80. The number of piperidine rings is 1. The average molecular weight is 1550 g/mol. The van der Waals surface area contributed by atoms with Crippen molar-refractivity contribution in [2.24, 2.45) is 31.2 Å². The molecule has 4 radical (unpaired) electrons. The second kappa shape index (κ2) is 45.6. The number of aryl methyl sites for hydroxylation is 2. The van der Waals surface area contributed by atoms with Crippen molar-refractivity contribution >= 4 is 89.7 Å². The second-order valence-corrected chi connectivity index (χ2v) is 21.1. The van der Waals surface area contributed by atoms with Gasteiger partial charge >= 0.3 is 58.9 Å². The number of H-pyrrole nitrogens is 1. The van der Waals surface area contributed by atoms with Crippen molar-refractivity contribution in [3.8, 4) is 24.3 Å². The zero-order chi connectivity index (χ0) is 68.8. The molecule has 1 fully saturated rings. The van der Waals surface area contributed by atoms with Gasteiger partial charge in [-0.25, -0.2) is 36.3 Å². The topological polar surface area (TPSA) is 303 Å². The Morgan fingerprint density at radius 1 is 0.653 bits per heavy atom. The minimum Gasteiger partial charge on any atom is -0.512 e. The van der Waals surface area contributed by atoms with Crippen molar-refractivity contribution in [1.29, 1.82) is 26.3 Å². The standard InChI is InChI=1S/C18H20FN5O2.C13H9ClFN3O2.C8H5BrFN.C8H6FN.C7H6BrF.C5H5ClN2O2.CN.CH4.BHNS.B.Cu.FH.H2/c1-22-17(25)8-16(23-6-2-3-15(21)11-23)24(18(22)26)10-13-7-14(19)5-4-12(13)9-20;1-17-12(19)5-11(14)18(13(17)20)7-9-4-10(15)3-2-8(9)6-16;9-4-7-3-8(10)2-1-6(7)5-11;1-6-4-8(9)3-2-7(6)5-10;1-5-4-6(9)2-3-7(5)8;1-8-4(9)2-3(6)7-5(8)10;1-2;;1-2-3;;;;/h4-5,7-8,15H,2-3,6,10-11,21H2,1H3;2-5H,7H2,1H3;1-3H,4H2;2-4H,1H3;2-4H,1H3;2H,1H3,(H,7,10);;1H4;3H;;;2*1H/q;;;;;;-1;;;;+1;;/t15-;;;;;;;;;;;;/m1............/s1/i;;;;;;;;;;;;1+1. The molecule has 0 aliphatic carbocycles. The van der Waals surface area contributed by atoms with E-state index >= 15 is 0 Å². The SMILES string of the molecule is C.Cc1cc(F)ccc1Br.Cc1cc(F)ccc1C#N.Cn1c(=O)cc(Cl)[nH]c1=O.Cn1c(=O)cc(Cl)n(Cc2cc(F)ccc2C#N)c1=O.Cn1c(=O)cc(N2CCC[C@@H](N)C2)n(Cc2cc(F)ccc2C#N)c1=O.F.N#Cc1ccc(F)cc1CBr.[2HH].[B].[B]=NS.[C-]#N.[Cu+]. The maximum atomic E-state index is 13.7. The summed E-state index contributed by atoms with van der Waals surface area (Å²) in [7, 11) is 8.42. The van der Waals surface area contributed by atoms with Crippen molar-refractivity contribution in [2.75, 3.05) is 18.0 Å². The second-order valence-electron chi connectivity index (χ2n) is 18.6. The molecule has 0 amide bonds. The maximum absolute atomic E-state index is 13.7. The fraction of sp³-hybridized carbons (Fsp3) is 0.230. The van der Waals surface area contributed by atoms with Crippen LogP contribution in [0.1, 0.15) is 71.8 Å². The Labute approximate surface area is 589 Å². The number of anilines is 1. The Bertz CT molecular complexity index is 4460. The first-order chi connectivity index (χ1) is 43.1. The third-order valence-corrected chi connectivity index (χ3v) is 14.4. The molecule has 8 aromatic rings. The van der Waals surface area contributed by atoms with Crippen LogP contribution < -0.4 is 44.4 Å². The van der Waals surface area contributed by atoms with Gasteiger partial charge in [0.1, 0.15) is 45.2 Å². The van der Waals surface area contributed by atoms with Gasteiger partial charge in [-0.1, -0.05) is 62.5 Å². The Hall–Kier alpha value is -8.73. The molecular weight excluding hydrogens is 1490 g/mol. The molecule has 1 aliphatic heterocycles. The van der Waals surface area contributed by atoms with Crippen LogP contribution in [0.15, 0.2) is 147 Å². The molecule has 9 rings (SSSR count). The van der Waals surface area contributed by atoms with Gasteiger partial charge in [-0.15, -0.1) is 0 Å². The molecule has 5 aromatic carbocycles. The van der Waals surface area contributed by atoms with Crippen LogP contribution >= 0.6 is 67.9 Å². The number of hydrogen-bond acceptors (Lipinski definition) is 15. The van der Waals surface area contributed by atoms with Gasteiger partial charge in [-0.2, -0.15) is 21.0 Å². The van der Waals surface area contributed by atoms with E-state index in [0.29, 0.717) is 57.6 Å². The van der Waals surface area contributed by atoms with Crippen LogP contribution in [0.3, 0.4) is 0 Å². The molecule has 0 saturated carbocycles. The summed E-state index contributed by atoms with van der Waals surface area (Å²) in [5.41, 5.74) is 7.60. The van der Waals surface area contributed by atoms with E-state index in [1.165, 1.54) is 105 Å². The first-order valence-electron chi connectivity index (χ1n) is 25.8.